The minimum absolute atomic E-state index is 0.0110. The fraction of sp³-hybridized carbons (Fsp3) is 0.333. The SMILES string of the molecule is CC1CN(C2c3ccccc3C(=O)N(C)c3ccccc32)CCN1c1ccc(-c2nc(C(C)(C)C)no2)cc1C#N. The van der Waals surface area contributed by atoms with Crippen molar-refractivity contribution in [1.29, 1.82) is 5.26 Å². The minimum atomic E-state index is -0.226. The van der Waals surface area contributed by atoms with Gasteiger partial charge in [-0.3, -0.25) is 9.69 Å². The van der Waals surface area contributed by atoms with Crippen molar-refractivity contribution in [3.8, 4) is 17.5 Å². The summed E-state index contributed by atoms with van der Waals surface area (Å²) < 4.78 is 5.53. The lowest BCUT2D eigenvalue weighted by molar-refractivity contribution is 0.0992. The highest BCUT2D eigenvalue weighted by Crippen LogP contribution is 2.41. The Bertz CT molecular complexity index is 1660. The molecule has 2 aliphatic heterocycles. The first-order chi connectivity index (χ1) is 19.7. The fourth-order valence-corrected chi connectivity index (χ4v) is 6.04. The van der Waals surface area contributed by atoms with Crippen LogP contribution in [0.3, 0.4) is 0 Å². The first-order valence-electron chi connectivity index (χ1n) is 14.0. The first kappa shape index (κ1) is 26.7. The molecule has 1 fully saturated rings. The van der Waals surface area contributed by atoms with E-state index in [4.69, 9.17) is 4.52 Å². The normalized spacial score (nSPS) is 19.4. The summed E-state index contributed by atoms with van der Waals surface area (Å²) in [5.74, 6) is 1.06. The molecule has 0 aliphatic carbocycles. The number of nitriles is 1. The highest BCUT2D eigenvalue weighted by atomic mass is 16.5. The number of benzene rings is 3. The molecule has 2 atom stereocenters. The van der Waals surface area contributed by atoms with Crippen molar-refractivity contribution >= 4 is 17.3 Å². The monoisotopic (exact) mass is 546 g/mol. The van der Waals surface area contributed by atoms with Crippen molar-refractivity contribution in [1.82, 2.24) is 15.0 Å². The van der Waals surface area contributed by atoms with Crippen LogP contribution in [0.25, 0.3) is 11.5 Å². The van der Waals surface area contributed by atoms with Crippen LogP contribution < -0.4 is 9.80 Å². The Morgan fingerprint density at radius 3 is 2.41 bits per heavy atom. The van der Waals surface area contributed by atoms with Gasteiger partial charge in [-0.25, -0.2) is 0 Å². The number of hydrogen-bond donors (Lipinski definition) is 0. The number of fused-ring (bicyclic) bond motifs is 2. The van der Waals surface area contributed by atoms with E-state index in [0.717, 1.165) is 53.3 Å². The van der Waals surface area contributed by atoms with Gasteiger partial charge in [-0.05, 0) is 48.4 Å². The number of aromatic nitrogens is 2. The molecular formula is C33H34N6O2. The molecule has 1 aromatic heterocycles. The molecule has 0 radical (unpaired) electrons. The Morgan fingerprint density at radius 1 is 0.976 bits per heavy atom. The topological polar surface area (TPSA) is 89.5 Å². The summed E-state index contributed by atoms with van der Waals surface area (Å²) in [5.41, 5.74) is 5.83. The molecule has 1 amide bonds. The Kier molecular flexibility index (Phi) is 6.63. The number of anilines is 2. The van der Waals surface area contributed by atoms with Crippen molar-refractivity contribution in [3.63, 3.8) is 0 Å². The number of para-hydroxylation sites is 1. The van der Waals surface area contributed by atoms with Crippen molar-refractivity contribution < 1.29 is 9.32 Å². The molecule has 0 spiro atoms. The second-order valence-electron chi connectivity index (χ2n) is 12.0. The molecule has 2 unspecified atom stereocenters. The van der Waals surface area contributed by atoms with E-state index in [0.29, 0.717) is 17.3 Å². The summed E-state index contributed by atoms with van der Waals surface area (Å²) in [6, 6.07) is 24.4. The zero-order valence-electron chi connectivity index (χ0n) is 24.1. The van der Waals surface area contributed by atoms with Gasteiger partial charge < -0.3 is 14.3 Å². The number of amides is 1. The van der Waals surface area contributed by atoms with Crippen LogP contribution in [0.5, 0.6) is 0 Å². The smallest absolute Gasteiger partial charge is 0.258 e. The third kappa shape index (κ3) is 4.66. The molecule has 4 aromatic rings. The van der Waals surface area contributed by atoms with Gasteiger partial charge in [-0.2, -0.15) is 10.2 Å². The van der Waals surface area contributed by atoms with Crippen LogP contribution in [0.4, 0.5) is 11.4 Å². The molecule has 1 saturated heterocycles. The molecule has 0 bridgehead atoms. The number of nitrogens with zero attached hydrogens (tertiary/aromatic N) is 6. The summed E-state index contributed by atoms with van der Waals surface area (Å²) in [5, 5.41) is 14.2. The molecule has 3 heterocycles. The van der Waals surface area contributed by atoms with Crippen LogP contribution >= 0.6 is 0 Å². The summed E-state index contributed by atoms with van der Waals surface area (Å²) >= 11 is 0. The highest BCUT2D eigenvalue weighted by molar-refractivity contribution is 6.08. The second kappa shape index (κ2) is 10.2. The van der Waals surface area contributed by atoms with Gasteiger partial charge in [0.25, 0.3) is 11.8 Å². The predicted octanol–water partition coefficient (Wildman–Crippen LogP) is 5.80. The van der Waals surface area contributed by atoms with Crippen molar-refractivity contribution in [2.75, 3.05) is 36.5 Å². The molecule has 6 rings (SSSR count). The summed E-state index contributed by atoms with van der Waals surface area (Å²) in [4.78, 5) is 24.5. The quantitative estimate of drug-likeness (QED) is 0.321. The molecule has 0 saturated carbocycles. The van der Waals surface area contributed by atoms with E-state index >= 15 is 0 Å². The van der Waals surface area contributed by atoms with Crippen molar-refractivity contribution in [2.24, 2.45) is 0 Å². The van der Waals surface area contributed by atoms with E-state index in [1.165, 1.54) is 0 Å². The fourth-order valence-electron chi connectivity index (χ4n) is 6.04. The molecule has 8 heteroatoms. The lowest BCUT2D eigenvalue weighted by atomic mass is 9.92. The lowest BCUT2D eigenvalue weighted by Gasteiger charge is -2.45. The van der Waals surface area contributed by atoms with Gasteiger partial charge in [0.05, 0.1) is 17.3 Å². The molecule has 0 N–H and O–H groups in total. The van der Waals surface area contributed by atoms with Gasteiger partial charge in [-0.15, -0.1) is 0 Å². The zero-order chi connectivity index (χ0) is 28.9. The minimum Gasteiger partial charge on any atom is -0.365 e. The average Bonchev–Trinajstić information content (AvgIpc) is 3.46. The van der Waals surface area contributed by atoms with E-state index in [1.807, 2.05) is 82.4 Å². The van der Waals surface area contributed by atoms with Gasteiger partial charge in [0.2, 0.25) is 0 Å². The highest BCUT2D eigenvalue weighted by Gasteiger charge is 2.37. The zero-order valence-corrected chi connectivity index (χ0v) is 24.1. The third-order valence-corrected chi connectivity index (χ3v) is 8.18. The van der Waals surface area contributed by atoms with E-state index in [9.17, 15) is 10.1 Å². The van der Waals surface area contributed by atoms with Crippen molar-refractivity contribution in [2.45, 2.75) is 45.2 Å². The van der Waals surface area contributed by atoms with E-state index in [-0.39, 0.29) is 23.4 Å². The van der Waals surface area contributed by atoms with Gasteiger partial charge in [0.15, 0.2) is 5.82 Å². The molecular weight excluding hydrogens is 512 g/mol. The number of piperazine rings is 1. The average molecular weight is 547 g/mol. The molecule has 41 heavy (non-hydrogen) atoms. The molecule has 208 valence electrons. The maximum atomic E-state index is 13.4. The van der Waals surface area contributed by atoms with Crippen LogP contribution in [0.1, 0.15) is 66.6 Å². The van der Waals surface area contributed by atoms with Gasteiger partial charge >= 0.3 is 0 Å². The maximum absolute atomic E-state index is 13.4. The lowest BCUT2D eigenvalue weighted by Crippen LogP contribution is -2.53. The largest absolute Gasteiger partial charge is 0.365 e. The third-order valence-electron chi connectivity index (χ3n) is 8.18. The molecule has 2 aliphatic rings. The first-order valence-corrected chi connectivity index (χ1v) is 14.0. The Morgan fingerprint density at radius 2 is 1.71 bits per heavy atom. The van der Waals surface area contributed by atoms with Gasteiger partial charge in [-0.1, -0.05) is 62.3 Å². The number of hydrogen-bond acceptors (Lipinski definition) is 7. The Labute approximate surface area is 240 Å². The summed E-state index contributed by atoms with van der Waals surface area (Å²) in [7, 11) is 1.85. The molecule has 3 aromatic carbocycles. The summed E-state index contributed by atoms with van der Waals surface area (Å²) in [6.45, 7) is 10.6. The maximum Gasteiger partial charge on any atom is 0.258 e. The number of carbonyl (C=O) groups is 1. The Balaban J connectivity index is 1.30. The second-order valence-corrected chi connectivity index (χ2v) is 12.0. The van der Waals surface area contributed by atoms with Gasteiger partial charge in [0, 0.05) is 55.0 Å². The van der Waals surface area contributed by atoms with Gasteiger partial charge in [0.1, 0.15) is 6.07 Å². The molecule has 8 nitrogen and oxygen atoms in total. The van der Waals surface area contributed by atoms with Crippen LogP contribution in [0.15, 0.2) is 71.3 Å². The van der Waals surface area contributed by atoms with Crippen LogP contribution in [0.2, 0.25) is 0 Å². The van der Waals surface area contributed by atoms with E-state index in [1.54, 1.807) is 4.90 Å². The van der Waals surface area contributed by atoms with Crippen LogP contribution in [-0.4, -0.2) is 53.7 Å². The number of rotatable bonds is 3. The van der Waals surface area contributed by atoms with Crippen molar-refractivity contribution in [3.05, 3.63) is 94.8 Å². The predicted molar refractivity (Wildman–Crippen MR) is 159 cm³/mol. The van der Waals surface area contributed by atoms with E-state index in [2.05, 4.69) is 45.1 Å². The van der Waals surface area contributed by atoms with E-state index < -0.39 is 0 Å². The van der Waals surface area contributed by atoms with Crippen LogP contribution in [0, 0.1) is 11.3 Å². The number of carbonyl (C=O) groups excluding carboxylic acids is 1. The Hall–Kier alpha value is -4.48. The summed E-state index contributed by atoms with van der Waals surface area (Å²) in [6.07, 6.45) is 0. The van der Waals surface area contributed by atoms with Crippen LogP contribution in [-0.2, 0) is 5.41 Å². The standard InChI is InChI=1S/C33H34N6O2/c1-21-20-38(29-24-10-6-7-11-25(24)31(40)37(5)28-13-9-8-12-26(28)29)16-17-39(21)27-15-14-22(18-23(27)19-34)30-35-32(36-41-30)33(2,3)4/h6-15,18,21,29H,16-17,20H2,1-5H3.